The largest absolute Gasteiger partial charge is 0.368 e. The molecule has 1 atom stereocenters. The molecule has 1 N–H and O–H groups in total. The van der Waals surface area contributed by atoms with E-state index in [0.29, 0.717) is 13.0 Å². The molecule has 0 spiro atoms. The lowest BCUT2D eigenvalue weighted by Crippen LogP contribution is -2.18. The fourth-order valence-corrected chi connectivity index (χ4v) is 0.373. The van der Waals surface area contributed by atoms with Crippen LogP contribution in [0.4, 0.5) is 0 Å². The first kappa shape index (κ1) is 9.56. The summed E-state index contributed by atoms with van der Waals surface area (Å²) >= 11 is 0. The van der Waals surface area contributed by atoms with Crippen molar-refractivity contribution >= 4 is 0 Å². The van der Waals surface area contributed by atoms with Crippen LogP contribution in [0.5, 0.6) is 0 Å². The third-order valence-corrected chi connectivity index (χ3v) is 1.28. The van der Waals surface area contributed by atoms with Crippen molar-refractivity contribution in [1.29, 1.82) is 0 Å². The van der Waals surface area contributed by atoms with Crippen LogP contribution in [0.15, 0.2) is 10.2 Å². The lowest BCUT2D eigenvalue weighted by Gasteiger charge is -2.12. The van der Waals surface area contributed by atoms with Crippen molar-refractivity contribution in [1.82, 2.24) is 0 Å². The zero-order chi connectivity index (χ0) is 8.04. The Morgan fingerprint density at radius 3 is 2.40 bits per heavy atom. The lowest BCUT2D eigenvalue weighted by atomic mass is 10.2. The molecular formula is C7H16N2O. The molecule has 0 rings (SSSR count). The minimum atomic E-state index is -0.949. The van der Waals surface area contributed by atoms with Crippen LogP contribution >= 0.6 is 0 Å². The number of nitrogens with zero attached hydrogens (tertiary/aromatic N) is 2. The van der Waals surface area contributed by atoms with Gasteiger partial charge in [-0.15, -0.1) is 0 Å². The Labute approximate surface area is 62.2 Å². The van der Waals surface area contributed by atoms with Crippen LogP contribution in [-0.4, -0.2) is 17.4 Å². The van der Waals surface area contributed by atoms with Crippen molar-refractivity contribution in [3.8, 4) is 0 Å². The van der Waals surface area contributed by atoms with Crippen molar-refractivity contribution in [3.63, 3.8) is 0 Å². The Morgan fingerprint density at radius 1 is 1.40 bits per heavy atom. The summed E-state index contributed by atoms with van der Waals surface area (Å²) in [5.74, 6) is 0. The first-order valence-corrected chi connectivity index (χ1v) is 3.73. The molecule has 0 saturated carbocycles. The molecule has 0 aromatic rings. The minimum absolute atomic E-state index is 0.611. The molecule has 0 heterocycles. The van der Waals surface area contributed by atoms with Crippen molar-refractivity contribution in [2.45, 2.75) is 39.3 Å². The fourth-order valence-electron chi connectivity index (χ4n) is 0.373. The van der Waals surface area contributed by atoms with E-state index in [0.717, 1.165) is 6.42 Å². The van der Waals surface area contributed by atoms with Crippen molar-refractivity contribution in [2.75, 3.05) is 6.54 Å². The molecule has 0 radical (unpaired) electrons. The van der Waals surface area contributed by atoms with E-state index in [1.165, 1.54) is 0 Å². The highest BCUT2D eigenvalue weighted by Gasteiger charge is 2.14. The highest BCUT2D eigenvalue weighted by molar-refractivity contribution is 4.62. The molecule has 0 aliphatic carbocycles. The van der Waals surface area contributed by atoms with E-state index in [1.807, 2.05) is 13.8 Å². The van der Waals surface area contributed by atoms with Gasteiger partial charge in [-0.25, -0.2) is 0 Å². The second-order valence-electron chi connectivity index (χ2n) is 2.54. The minimum Gasteiger partial charge on any atom is -0.368 e. The van der Waals surface area contributed by atoms with Crippen LogP contribution < -0.4 is 0 Å². The topological polar surface area (TPSA) is 45.0 Å². The normalized spacial score (nSPS) is 17.6. The van der Waals surface area contributed by atoms with Gasteiger partial charge in [0, 0.05) is 0 Å². The first-order valence-electron chi connectivity index (χ1n) is 3.73. The van der Waals surface area contributed by atoms with Gasteiger partial charge in [0.1, 0.15) is 0 Å². The van der Waals surface area contributed by atoms with Gasteiger partial charge in [0.2, 0.25) is 0 Å². The van der Waals surface area contributed by atoms with Crippen LogP contribution in [0.1, 0.15) is 33.6 Å². The predicted octanol–water partition coefficient (Wildman–Crippen LogP) is 1.97. The van der Waals surface area contributed by atoms with Gasteiger partial charge in [0.15, 0.2) is 5.72 Å². The lowest BCUT2D eigenvalue weighted by molar-refractivity contribution is 0.0571. The molecule has 0 amide bonds. The van der Waals surface area contributed by atoms with Crippen molar-refractivity contribution in [3.05, 3.63) is 0 Å². The zero-order valence-corrected chi connectivity index (χ0v) is 6.96. The van der Waals surface area contributed by atoms with Gasteiger partial charge in [0.25, 0.3) is 0 Å². The van der Waals surface area contributed by atoms with Gasteiger partial charge in [-0.3, -0.25) is 0 Å². The Kier molecular flexibility index (Phi) is 4.19. The number of hydrogen-bond donors (Lipinski definition) is 1. The van der Waals surface area contributed by atoms with Crippen molar-refractivity contribution < 1.29 is 5.11 Å². The Morgan fingerprint density at radius 2 is 2.00 bits per heavy atom. The Balaban J connectivity index is 3.63. The average Bonchev–Trinajstić information content (AvgIpc) is 1.89. The van der Waals surface area contributed by atoms with E-state index < -0.39 is 5.72 Å². The molecule has 0 aliphatic rings. The molecule has 0 saturated heterocycles. The summed E-state index contributed by atoms with van der Waals surface area (Å²) in [5, 5.41) is 16.8. The van der Waals surface area contributed by atoms with Crippen LogP contribution in [0, 0.1) is 0 Å². The molecule has 3 nitrogen and oxygen atoms in total. The maximum atomic E-state index is 9.29. The fraction of sp³-hybridized carbons (Fsp3) is 1.00. The summed E-state index contributed by atoms with van der Waals surface area (Å²) in [6, 6.07) is 0. The third kappa shape index (κ3) is 4.44. The highest BCUT2D eigenvalue weighted by atomic mass is 16.3. The molecule has 0 bridgehead atoms. The van der Waals surface area contributed by atoms with Gasteiger partial charge < -0.3 is 5.11 Å². The Hall–Kier alpha value is -0.440. The predicted molar refractivity (Wildman–Crippen MR) is 40.9 cm³/mol. The van der Waals surface area contributed by atoms with E-state index in [2.05, 4.69) is 10.2 Å². The third-order valence-electron chi connectivity index (χ3n) is 1.28. The quantitative estimate of drug-likeness (QED) is 0.602. The van der Waals surface area contributed by atoms with E-state index in [-0.39, 0.29) is 0 Å². The summed E-state index contributed by atoms with van der Waals surface area (Å²) < 4.78 is 0. The molecule has 0 aromatic carbocycles. The number of azo groups is 1. The molecule has 60 valence electrons. The average molecular weight is 144 g/mol. The van der Waals surface area contributed by atoms with Crippen LogP contribution in [-0.2, 0) is 0 Å². The summed E-state index contributed by atoms with van der Waals surface area (Å²) in [7, 11) is 0. The maximum Gasteiger partial charge on any atom is 0.172 e. The van der Waals surface area contributed by atoms with Gasteiger partial charge in [-0.1, -0.05) is 13.8 Å². The maximum absolute atomic E-state index is 9.29. The molecule has 1 unspecified atom stereocenters. The standard InChI is InChI=1S/C7H16N2O/c1-4-6-8-9-7(3,10)5-2/h10H,4-6H2,1-3H3. The van der Waals surface area contributed by atoms with E-state index in [4.69, 9.17) is 0 Å². The van der Waals surface area contributed by atoms with Gasteiger partial charge in [-0.05, 0) is 19.8 Å². The summed E-state index contributed by atoms with van der Waals surface area (Å²) in [5.41, 5.74) is -0.949. The number of hydrogen-bond acceptors (Lipinski definition) is 3. The summed E-state index contributed by atoms with van der Waals surface area (Å²) in [4.78, 5) is 0. The second-order valence-corrected chi connectivity index (χ2v) is 2.54. The van der Waals surface area contributed by atoms with Gasteiger partial charge in [0.05, 0.1) is 6.54 Å². The number of aliphatic hydroxyl groups is 1. The van der Waals surface area contributed by atoms with Crippen LogP contribution in [0.25, 0.3) is 0 Å². The van der Waals surface area contributed by atoms with E-state index in [9.17, 15) is 5.11 Å². The highest BCUT2D eigenvalue weighted by Crippen LogP contribution is 2.09. The molecule has 3 heteroatoms. The summed E-state index contributed by atoms with van der Waals surface area (Å²) in [6.07, 6.45) is 1.59. The smallest absolute Gasteiger partial charge is 0.172 e. The van der Waals surface area contributed by atoms with E-state index >= 15 is 0 Å². The monoisotopic (exact) mass is 144 g/mol. The molecule has 10 heavy (non-hydrogen) atoms. The first-order chi connectivity index (χ1) is 4.62. The van der Waals surface area contributed by atoms with Gasteiger partial charge >= 0.3 is 0 Å². The molecule has 0 fully saturated rings. The Bertz CT molecular complexity index is 110. The molecule has 0 aliphatic heterocycles. The van der Waals surface area contributed by atoms with Crippen molar-refractivity contribution in [2.24, 2.45) is 10.2 Å². The SMILES string of the molecule is CCCN=NC(C)(O)CC. The van der Waals surface area contributed by atoms with Gasteiger partial charge in [-0.2, -0.15) is 10.2 Å². The van der Waals surface area contributed by atoms with Crippen LogP contribution in [0.3, 0.4) is 0 Å². The zero-order valence-electron chi connectivity index (χ0n) is 6.96. The second kappa shape index (κ2) is 4.39. The van der Waals surface area contributed by atoms with Crippen LogP contribution in [0.2, 0.25) is 0 Å². The van der Waals surface area contributed by atoms with E-state index in [1.54, 1.807) is 6.92 Å². The summed E-state index contributed by atoms with van der Waals surface area (Å²) in [6.45, 7) is 6.27. The number of rotatable bonds is 4. The molecule has 0 aromatic heterocycles. The molecular weight excluding hydrogens is 128 g/mol.